The van der Waals surface area contributed by atoms with E-state index < -0.39 is 34.6 Å². The minimum absolute atomic E-state index is 0.170. The number of rotatable bonds is 9. The van der Waals surface area contributed by atoms with Crippen molar-refractivity contribution in [3.63, 3.8) is 0 Å². The van der Waals surface area contributed by atoms with Gasteiger partial charge in [0.1, 0.15) is 5.60 Å². The minimum atomic E-state index is -1.08. The lowest BCUT2D eigenvalue weighted by atomic mass is 10.1. The first-order chi connectivity index (χ1) is 14.6. The lowest BCUT2D eigenvalue weighted by molar-refractivity contribution is -0.384. The Hall–Kier alpha value is -3.55. The first kappa shape index (κ1) is 23.7. The summed E-state index contributed by atoms with van der Waals surface area (Å²) in [6.45, 7) is 5.10. The summed E-state index contributed by atoms with van der Waals surface area (Å²) in [6, 6.07) is 15.3. The highest BCUT2D eigenvalue weighted by atomic mass is 16.6. The fourth-order valence-electron chi connectivity index (χ4n) is 2.90. The molecule has 1 amide bonds. The molecule has 0 heterocycles. The van der Waals surface area contributed by atoms with Crippen LogP contribution in [-0.4, -0.2) is 34.7 Å². The predicted octanol–water partition coefficient (Wildman–Crippen LogP) is 3.86. The SMILES string of the molecule is CC(C)(C)OC(=O)C(=O)CC(=O)N(CCCc1ccccc1)c1cccc([N+](=O)[O-])c1. The molecule has 8 heteroatoms. The molecule has 2 aromatic rings. The minimum Gasteiger partial charge on any atom is -0.454 e. The average molecular weight is 426 g/mol. The number of hydrogen-bond acceptors (Lipinski definition) is 6. The Balaban J connectivity index is 2.16. The smallest absolute Gasteiger partial charge is 0.375 e. The van der Waals surface area contributed by atoms with E-state index >= 15 is 0 Å². The number of anilines is 1. The van der Waals surface area contributed by atoms with Crippen LogP contribution in [0.25, 0.3) is 0 Å². The Bertz CT molecular complexity index is 950. The molecule has 0 aliphatic heterocycles. The van der Waals surface area contributed by atoms with Crippen LogP contribution in [0, 0.1) is 10.1 Å². The van der Waals surface area contributed by atoms with E-state index in [4.69, 9.17) is 4.74 Å². The summed E-state index contributed by atoms with van der Waals surface area (Å²) in [6.07, 6.45) is 0.571. The lowest BCUT2D eigenvalue weighted by Crippen LogP contribution is -2.36. The standard InChI is InChI=1S/C23H26N2O6/c1-23(2,3)31-22(28)20(26)16-21(27)24(14-8-11-17-9-5-4-6-10-17)18-12-7-13-19(15-18)25(29)30/h4-7,9-10,12-13,15H,8,11,14,16H2,1-3H3. The Morgan fingerprint density at radius 3 is 2.32 bits per heavy atom. The number of carbonyl (C=O) groups excluding carboxylic acids is 3. The number of benzene rings is 2. The maximum absolute atomic E-state index is 12.9. The zero-order valence-corrected chi connectivity index (χ0v) is 17.9. The molecule has 0 saturated heterocycles. The summed E-state index contributed by atoms with van der Waals surface area (Å²) in [5, 5.41) is 11.1. The van der Waals surface area contributed by atoms with Crippen molar-refractivity contribution >= 4 is 29.0 Å². The number of nitro benzene ring substituents is 1. The second-order valence-corrected chi connectivity index (χ2v) is 8.01. The predicted molar refractivity (Wildman–Crippen MR) is 116 cm³/mol. The van der Waals surface area contributed by atoms with Gasteiger partial charge in [-0.3, -0.25) is 19.7 Å². The number of Topliss-reactive ketones (excluding diaryl/α,β-unsaturated/α-hetero) is 1. The van der Waals surface area contributed by atoms with Gasteiger partial charge in [-0.2, -0.15) is 0 Å². The van der Waals surface area contributed by atoms with E-state index in [1.54, 1.807) is 26.8 Å². The summed E-state index contributed by atoms with van der Waals surface area (Å²) in [4.78, 5) is 48.9. The summed E-state index contributed by atoms with van der Waals surface area (Å²) < 4.78 is 5.03. The van der Waals surface area contributed by atoms with Crippen LogP contribution in [-0.2, 0) is 25.5 Å². The number of aryl methyl sites for hydroxylation is 1. The van der Waals surface area contributed by atoms with Crippen LogP contribution in [0.3, 0.4) is 0 Å². The molecule has 0 fully saturated rings. The third kappa shape index (κ3) is 7.65. The van der Waals surface area contributed by atoms with Gasteiger partial charge in [-0.1, -0.05) is 36.4 Å². The Morgan fingerprint density at radius 1 is 1.03 bits per heavy atom. The molecule has 0 aromatic heterocycles. The van der Waals surface area contributed by atoms with Crippen molar-refractivity contribution in [2.45, 2.75) is 45.6 Å². The van der Waals surface area contributed by atoms with E-state index in [9.17, 15) is 24.5 Å². The van der Waals surface area contributed by atoms with Gasteiger partial charge in [0.25, 0.3) is 5.69 Å². The van der Waals surface area contributed by atoms with Gasteiger partial charge in [0.2, 0.25) is 11.7 Å². The highest BCUT2D eigenvalue weighted by Crippen LogP contribution is 2.23. The van der Waals surface area contributed by atoms with Crippen LogP contribution in [0.2, 0.25) is 0 Å². The maximum atomic E-state index is 12.9. The van der Waals surface area contributed by atoms with Crippen LogP contribution < -0.4 is 4.90 Å². The second-order valence-electron chi connectivity index (χ2n) is 8.01. The zero-order chi connectivity index (χ0) is 23.0. The van der Waals surface area contributed by atoms with Crippen LogP contribution in [0.1, 0.15) is 39.2 Å². The molecule has 0 spiro atoms. The number of nitrogens with zero attached hydrogens (tertiary/aromatic N) is 2. The quantitative estimate of drug-likeness (QED) is 0.198. The zero-order valence-electron chi connectivity index (χ0n) is 17.9. The van der Waals surface area contributed by atoms with Crippen LogP contribution in [0.5, 0.6) is 0 Å². The summed E-state index contributed by atoms with van der Waals surface area (Å²) in [5.74, 6) is -2.66. The van der Waals surface area contributed by atoms with Gasteiger partial charge in [-0.05, 0) is 45.2 Å². The molecule has 0 aliphatic rings. The third-order valence-electron chi connectivity index (χ3n) is 4.28. The average Bonchev–Trinajstić information content (AvgIpc) is 2.70. The fraction of sp³-hybridized carbons (Fsp3) is 0.348. The van der Waals surface area contributed by atoms with E-state index in [2.05, 4.69) is 0 Å². The molecule has 0 atom stereocenters. The van der Waals surface area contributed by atoms with E-state index in [1.807, 2.05) is 30.3 Å². The normalized spacial score (nSPS) is 10.9. The van der Waals surface area contributed by atoms with Crippen molar-refractivity contribution in [3.8, 4) is 0 Å². The topological polar surface area (TPSA) is 107 Å². The van der Waals surface area contributed by atoms with Crippen molar-refractivity contribution in [2.75, 3.05) is 11.4 Å². The van der Waals surface area contributed by atoms with E-state index in [0.717, 1.165) is 5.56 Å². The largest absolute Gasteiger partial charge is 0.454 e. The Kier molecular flexibility index (Phi) is 8.01. The van der Waals surface area contributed by atoms with Gasteiger partial charge in [-0.25, -0.2) is 4.79 Å². The molecule has 8 nitrogen and oxygen atoms in total. The summed E-state index contributed by atoms with van der Waals surface area (Å²) >= 11 is 0. The molecular formula is C23H26N2O6. The van der Waals surface area contributed by atoms with E-state index in [0.29, 0.717) is 18.5 Å². The monoisotopic (exact) mass is 426 g/mol. The van der Waals surface area contributed by atoms with Gasteiger partial charge in [0, 0.05) is 18.7 Å². The van der Waals surface area contributed by atoms with Gasteiger partial charge >= 0.3 is 5.97 Å². The van der Waals surface area contributed by atoms with Crippen LogP contribution in [0.4, 0.5) is 11.4 Å². The number of carbonyl (C=O) groups is 3. The van der Waals surface area contributed by atoms with Gasteiger partial charge in [-0.15, -0.1) is 0 Å². The highest BCUT2D eigenvalue weighted by molar-refractivity contribution is 6.37. The van der Waals surface area contributed by atoms with Crippen molar-refractivity contribution < 1.29 is 24.0 Å². The summed E-state index contributed by atoms with van der Waals surface area (Å²) in [7, 11) is 0. The number of hydrogen-bond donors (Lipinski definition) is 0. The van der Waals surface area contributed by atoms with Gasteiger partial charge < -0.3 is 9.64 Å². The van der Waals surface area contributed by atoms with E-state index in [1.165, 1.54) is 23.1 Å². The maximum Gasteiger partial charge on any atom is 0.375 e. The van der Waals surface area contributed by atoms with E-state index in [-0.39, 0.29) is 12.2 Å². The number of ketones is 1. The molecule has 0 N–H and O–H groups in total. The third-order valence-corrected chi connectivity index (χ3v) is 4.28. The van der Waals surface area contributed by atoms with Gasteiger partial charge in [0.05, 0.1) is 17.0 Å². The molecule has 0 saturated carbocycles. The molecule has 0 bridgehead atoms. The van der Waals surface area contributed by atoms with Crippen molar-refractivity contribution in [3.05, 3.63) is 70.3 Å². The Morgan fingerprint density at radius 2 is 1.71 bits per heavy atom. The molecule has 0 aliphatic carbocycles. The molecule has 0 unspecified atom stereocenters. The second kappa shape index (κ2) is 10.5. The van der Waals surface area contributed by atoms with Crippen LogP contribution in [0.15, 0.2) is 54.6 Å². The number of non-ortho nitro benzene ring substituents is 1. The molecule has 2 rings (SSSR count). The number of ether oxygens (including phenoxy) is 1. The molecule has 164 valence electrons. The summed E-state index contributed by atoms with van der Waals surface area (Å²) in [5.41, 5.74) is 0.352. The lowest BCUT2D eigenvalue weighted by Gasteiger charge is -2.23. The molecular weight excluding hydrogens is 400 g/mol. The number of nitro groups is 1. The fourth-order valence-corrected chi connectivity index (χ4v) is 2.90. The van der Waals surface area contributed by atoms with Gasteiger partial charge in [0.15, 0.2) is 0 Å². The van der Waals surface area contributed by atoms with Crippen molar-refractivity contribution in [1.82, 2.24) is 0 Å². The molecule has 0 radical (unpaired) electrons. The number of amides is 1. The number of esters is 1. The molecule has 2 aromatic carbocycles. The first-order valence-corrected chi connectivity index (χ1v) is 9.92. The highest BCUT2D eigenvalue weighted by Gasteiger charge is 2.27. The van der Waals surface area contributed by atoms with Crippen molar-refractivity contribution in [1.29, 1.82) is 0 Å². The first-order valence-electron chi connectivity index (χ1n) is 9.92. The van der Waals surface area contributed by atoms with Crippen LogP contribution >= 0.6 is 0 Å². The Labute approximate surface area is 181 Å². The molecule has 31 heavy (non-hydrogen) atoms. The van der Waals surface area contributed by atoms with Crippen molar-refractivity contribution in [2.24, 2.45) is 0 Å².